The van der Waals surface area contributed by atoms with Gasteiger partial charge in [0.1, 0.15) is 11.4 Å². The summed E-state index contributed by atoms with van der Waals surface area (Å²) in [5, 5.41) is 4.62. The minimum atomic E-state index is -0.458. The molecule has 0 aliphatic rings. The molecular weight excluding hydrogens is 300 g/mol. The molecule has 5 nitrogen and oxygen atoms in total. The lowest BCUT2D eigenvalue weighted by molar-refractivity contribution is 0.0729. The van der Waals surface area contributed by atoms with E-state index in [1.807, 2.05) is 11.4 Å². The molecule has 0 unspecified atom stereocenters. The van der Waals surface area contributed by atoms with Gasteiger partial charge < -0.3 is 15.0 Å². The molecule has 1 amide bonds. The Kier molecular flexibility index (Phi) is 4.02. The van der Waals surface area contributed by atoms with Gasteiger partial charge >= 0.3 is 5.97 Å². The van der Waals surface area contributed by atoms with Crippen molar-refractivity contribution in [3.05, 3.63) is 70.7 Å². The third-order valence-corrected chi connectivity index (χ3v) is 3.75. The Bertz CT molecular complexity index is 695. The third-order valence-electron chi connectivity index (χ3n) is 2.89. The summed E-state index contributed by atoms with van der Waals surface area (Å²) in [5.74, 6) is -0.208. The first-order valence-electron chi connectivity index (χ1n) is 6.53. The van der Waals surface area contributed by atoms with Crippen LogP contribution in [0.15, 0.2) is 60.1 Å². The number of thiophene rings is 1. The van der Waals surface area contributed by atoms with Crippen LogP contribution < -0.4 is 10.1 Å². The first-order valence-corrected chi connectivity index (χ1v) is 7.41. The predicted octanol–water partition coefficient (Wildman–Crippen LogP) is 3.55. The Morgan fingerprint density at radius 1 is 1.05 bits per heavy atom. The lowest BCUT2D eigenvalue weighted by Gasteiger charge is -2.06. The molecule has 0 aliphatic heterocycles. The number of esters is 1. The van der Waals surface area contributed by atoms with E-state index in [0.29, 0.717) is 22.0 Å². The zero-order valence-electron chi connectivity index (χ0n) is 11.4. The second kappa shape index (κ2) is 6.28. The normalized spacial score (nSPS) is 10.2. The summed E-state index contributed by atoms with van der Waals surface area (Å²) >= 11 is 1.38. The number of hydrogen-bond acceptors (Lipinski definition) is 4. The lowest BCUT2D eigenvalue weighted by atomic mass is 10.3. The maximum absolute atomic E-state index is 11.9. The SMILES string of the molecule is O=C(Oc1ccc(NC(=O)c2cccs2)cc1)c1ccc[nH]1. The number of hydrogen-bond donors (Lipinski definition) is 2. The van der Waals surface area contributed by atoms with Crippen molar-refractivity contribution in [1.29, 1.82) is 0 Å². The van der Waals surface area contributed by atoms with Crippen LogP contribution in [0.2, 0.25) is 0 Å². The summed E-state index contributed by atoms with van der Waals surface area (Å²) in [7, 11) is 0. The zero-order chi connectivity index (χ0) is 15.4. The van der Waals surface area contributed by atoms with Gasteiger partial charge in [-0.15, -0.1) is 11.3 Å². The van der Waals surface area contributed by atoms with Crippen molar-refractivity contribution < 1.29 is 14.3 Å². The van der Waals surface area contributed by atoms with E-state index >= 15 is 0 Å². The van der Waals surface area contributed by atoms with Crippen molar-refractivity contribution >= 4 is 28.9 Å². The first-order chi connectivity index (χ1) is 10.7. The van der Waals surface area contributed by atoms with Crippen molar-refractivity contribution in [1.82, 2.24) is 4.98 Å². The number of amides is 1. The smallest absolute Gasteiger partial charge is 0.360 e. The molecule has 0 aliphatic carbocycles. The van der Waals surface area contributed by atoms with Crippen molar-refractivity contribution in [2.45, 2.75) is 0 Å². The van der Waals surface area contributed by atoms with Gasteiger partial charge in [-0.05, 0) is 47.8 Å². The number of H-pyrrole nitrogens is 1. The summed E-state index contributed by atoms with van der Waals surface area (Å²) in [6, 6.07) is 13.6. The van der Waals surface area contributed by atoms with Crippen LogP contribution in [0.1, 0.15) is 20.2 Å². The van der Waals surface area contributed by atoms with Gasteiger partial charge in [-0.25, -0.2) is 4.79 Å². The van der Waals surface area contributed by atoms with E-state index in [1.165, 1.54) is 11.3 Å². The number of aromatic amines is 1. The van der Waals surface area contributed by atoms with Crippen LogP contribution in [-0.4, -0.2) is 16.9 Å². The first kappa shape index (κ1) is 14.1. The van der Waals surface area contributed by atoms with Crippen LogP contribution in [0.3, 0.4) is 0 Å². The van der Waals surface area contributed by atoms with E-state index in [0.717, 1.165) is 0 Å². The van der Waals surface area contributed by atoms with Crippen LogP contribution >= 0.6 is 11.3 Å². The van der Waals surface area contributed by atoms with Crippen LogP contribution in [0.25, 0.3) is 0 Å². The molecule has 6 heteroatoms. The van der Waals surface area contributed by atoms with Gasteiger partial charge in [-0.2, -0.15) is 0 Å². The number of aromatic nitrogens is 1. The quantitative estimate of drug-likeness (QED) is 0.571. The van der Waals surface area contributed by atoms with Crippen molar-refractivity contribution in [2.24, 2.45) is 0 Å². The molecule has 0 bridgehead atoms. The summed E-state index contributed by atoms with van der Waals surface area (Å²) in [6.45, 7) is 0. The highest BCUT2D eigenvalue weighted by Crippen LogP contribution is 2.18. The highest BCUT2D eigenvalue weighted by Gasteiger charge is 2.10. The standard InChI is InChI=1S/C16H12N2O3S/c19-15(14-4-2-10-22-14)18-11-5-7-12(8-6-11)21-16(20)13-3-1-9-17-13/h1-10,17H,(H,18,19). The third kappa shape index (κ3) is 3.24. The van der Waals surface area contributed by atoms with Gasteiger partial charge in [0.05, 0.1) is 4.88 Å². The number of carbonyl (C=O) groups is 2. The van der Waals surface area contributed by atoms with Gasteiger partial charge in [0.15, 0.2) is 0 Å². The van der Waals surface area contributed by atoms with Gasteiger partial charge in [0.2, 0.25) is 0 Å². The molecule has 0 fully saturated rings. The molecule has 0 atom stereocenters. The van der Waals surface area contributed by atoms with Crippen LogP contribution in [0.4, 0.5) is 5.69 Å². The van der Waals surface area contributed by atoms with Crippen molar-refractivity contribution in [3.8, 4) is 5.75 Å². The Hall–Kier alpha value is -2.86. The molecular formula is C16H12N2O3S. The predicted molar refractivity (Wildman–Crippen MR) is 84.5 cm³/mol. The fourth-order valence-corrected chi connectivity index (χ4v) is 2.45. The Balaban J connectivity index is 1.63. The molecule has 0 radical (unpaired) electrons. The molecule has 22 heavy (non-hydrogen) atoms. The Morgan fingerprint density at radius 2 is 1.86 bits per heavy atom. The van der Waals surface area contributed by atoms with Gasteiger partial charge in [-0.1, -0.05) is 6.07 Å². The number of carbonyl (C=O) groups excluding carboxylic acids is 2. The maximum atomic E-state index is 11.9. The Labute approximate surface area is 130 Å². The number of ether oxygens (including phenoxy) is 1. The summed E-state index contributed by atoms with van der Waals surface area (Å²) in [4.78, 5) is 27.1. The minimum Gasteiger partial charge on any atom is -0.422 e. The van der Waals surface area contributed by atoms with Gasteiger partial charge in [-0.3, -0.25) is 4.79 Å². The molecule has 2 N–H and O–H groups in total. The summed E-state index contributed by atoms with van der Waals surface area (Å²) in [6.07, 6.45) is 1.65. The van der Waals surface area contributed by atoms with E-state index in [1.54, 1.807) is 48.7 Å². The van der Waals surface area contributed by atoms with E-state index < -0.39 is 5.97 Å². The molecule has 3 rings (SSSR count). The lowest BCUT2D eigenvalue weighted by Crippen LogP contribution is -2.10. The minimum absolute atomic E-state index is 0.161. The molecule has 2 heterocycles. The number of nitrogens with one attached hydrogen (secondary N) is 2. The number of anilines is 1. The molecule has 0 spiro atoms. The van der Waals surface area contributed by atoms with Gasteiger partial charge in [0, 0.05) is 11.9 Å². The van der Waals surface area contributed by atoms with Gasteiger partial charge in [0.25, 0.3) is 5.91 Å². The van der Waals surface area contributed by atoms with Crippen LogP contribution in [-0.2, 0) is 0 Å². The molecule has 110 valence electrons. The van der Waals surface area contributed by atoms with E-state index in [4.69, 9.17) is 4.74 Å². The zero-order valence-corrected chi connectivity index (χ0v) is 12.2. The summed E-state index contributed by atoms with van der Waals surface area (Å²) < 4.78 is 5.21. The average molecular weight is 312 g/mol. The average Bonchev–Trinajstić information content (AvgIpc) is 3.23. The van der Waals surface area contributed by atoms with E-state index in [9.17, 15) is 9.59 Å². The molecule has 2 aromatic heterocycles. The topological polar surface area (TPSA) is 71.2 Å². The van der Waals surface area contributed by atoms with Crippen molar-refractivity contribution in [2.75, 3.05) is 5.32 Å². The molecule has 3 aromatic rings. The second-order valence-corrected chi connectivity index (χ2v) is 5.38. The van der Waals surface area contributed by atoms with E-state index in [-0.39, 0.29) is 5.91 Å². The highest BCUT2D eigenvalue weighted by molar-refractivity contribution is 7.12. The van der Waals surface area contributed by atoms with Crippen LogP contribution in [0, 0.1) is 0 Å². The molecule has 0 saturated carbocycles. The molecule has 1 aromatic carbocycles. The maximum Gasteiger partial charge on any atom is 0.360 e. The number of rotatable bonds is 4. The fraction of sp³-hybridized carbons (Fsp3) is 0. The monoisotopic (exact) mass is 312 g/mol. The second-order valence-electron chi connectivity index (χ2n) is 4.43. The molecule has 0 saturated heterocycles. The largest absolute Gasteiger partial charge is 0.422 e. The highest BCUT2D eigenvalue weighted by atomic mass is 32.1. The Morgan fingerprint density at radius 3 is 2.50 bits per heavy atom. The number of benzene rings is 1. The van der Waals surface area contributed by atoms with Crippen molar-refractivity contribution in [3.63, 3.8) is 0 Å². The fourth-order valence-electron chi connectivity index (χ4n) is 1.83. The van der Waals surface area contributed by atoms with Crippen LogP contribution in [0.5, 0.6) is 5.75 Å². The van der Waals surface area contributed by atoms with E-state index in [2.05, 4.69) is 10.3 Å². The summed E-state index contributed by atoms with van der Waals surface area (Å²) in [5.41, 5.74) is 1.02.